The molecule has 0 aliphatic carbocycles. The van der Waals surface area contributed by atoms with Crippen molar-refractivity contribution in [1.82, 2.24) is 9.62 Å². The minimum atomic E-state index is -3.55. The molecule has 1 aliphatic rings. The Kier molecular flexibility index (Phi) is 6.00. The largest absolute Gasteiger partial charge is 0.355 e. The van der Waals surface area contributed by atoms with Crippen LogP contribution in [-0.4, -0.2) is 32.2 Å². The van der Waals surface area contributed by atoms with Crippen LogP contribution in [0.2, 0.25) is 0 Å². The maximum Gasteiger partial charge on any atom is 0.251 e. The molecule has 0 saturated heterocycles. The van der Waals surface area contributed by atoms with Crippen molar-refractivity contribution in [2.45, 2.75) is 17.9 Å². The smallest absolute Gasteiger partial charge is 0.251 e. The number of carbonyl (C=O) groups excluding carboxylic acids is 1. The van der Waals surface area contributed by atoms with Gasteiger partial charge in [0.1, 0.15) is 0 Å². The van der Waals surface area contributed by atoms with Crippen LogP contribution >= 0.6 is 24.0 Å². The van der Waals surface area contributed by atoms with Gasteiger partial charge in [-0.15, -0.1) is 24.0 Å². The lowest BCUT2D eigenvalue weighted by atomic mass is 10.0. The fourth-order valence-corrected chi connectivity index (χ4v) is 4.17. The lowest BCUT2D eigenvalue weighted by Crippen LogP contribution is -2.35. The second-order valence-corrected chi connectivity index (χ2v) is 7.40. The van der Waals surface area contributed by atoms with Crippen LogP contribution in [0.4, 0.5) is 0 Å². The third-order valence-corrected chi connectivity index (χ3v) is 5.94. The highest BCUT2D eigenvalue weighted by atomic mass is 127. The molecule has 0 fully saturated rings. The number of sulfonamides is 1. The molecular formula is C17H19IN2O3S. The van der Waals surface area contributed by atoms with Crippen molar-refractivity contribution in [3.8, 4) is 0 Å². The molecule has 128 valence electrons. The monoisotopic (exact) mass is 458 g/mol. The van der Waals surface area contributed by atoms with Gasteiger partial charge in [0.2, 0.25) is 10.0 Å². The molecule has 24 heavy (non-hydrogen) atoms. The van der Waals surface area contributed by atoms with Crippen LogP contribution in [0.5, 0.6) is 0 Å². The van der Waals surface area contributed by atoms with Crippen LogP contribution in [0.1, 0.15) is 21.5 Å². The minimum absolute atomic E-state index is 0. The summed E-state index contributed by atoms with van der Waals surface area (Å²) in [4.78, 5) is 11.8. The second-order valence-electron chi connectivity index (χ2n) is 5.46. The molecular weight excluding hydrogens is 439 g/mol. The van der Waals surface area contributed by atoms with Gasteiger partial charge in [-0.1, -0.05) is 24.3 Å². The van der Waals surface area contributed by atoms with Crippen molar-refractivity contribution in [2.24, 2.45) is 0 Å². The summed E-state index contributed by atoms with van der Waals surface area (Å²) in [5, 5.41) is 2.52. The number of hydrogen-bond acceptors (Lipinski definition) is 3. The van der Waals surface area contributed by atoms with Crippen molar-refractivity contribution in [2.75, 3.05) is 13.6 Å². The molecule has 0 bridgehead atoms. The summed E-state index contributed by atoms with van der Waals surface area (Å²) >= 11 is 0. The number of benzene rings is 2. The van der Waals surface area contributed by atoms with Crippen molar-refractivity contribution in [1.29, 1.82) is 0 Å². The minimum Gasteiger partial charge on any atom is -0.355 e. The first-order valence-corrected chi connectivity index (χ1v) is 8.85. The average molecular weight is 458 g/mol. The lowest BCUT2D eigenvalue weighted by Gasteiger charge is -2.28. The summed E-state index contributed by atoms with van der Waals surface area (Å²) in [5.74, 6) is -0.235. The summed E-state index contributed by atoms with van der Waals surface area (Å²) in [6.07, 6.45) is 0.714. The zero-order valence-corrected chi connectivity index (χ0v) is 16.4. The normalized spacial score (nSPS) is 14.4. The van der Waals surface area contributed by atoms with Crippen LogP contribution in [-0.2, 0) is 23.0 Å². The first-order valence-electron chi connectivity index (χ1n) is 7.41. The van der Waals surface area contributed by atoms with E-state index in [1.807, 2.05) is 24.3 Å². The van der Waals surface area contributed by atoms with E-state index in [1.165, 1.54) is 41.2 Å². The van der Waals surface area contributed by atoms with Gasteiger partial charge >= 0.3 is 0 Å². The SMILES string of the molecule is CNC(=O)c1ccc(S(=O)(=O)N2CCc3ccccc3C2)cc1.I. The van der Waals surface area contributed by atoms with Crippen LogP contribution in [0, 0.1) is 0 Å². The Morgan fingerprint density at radius 1 is 1.04 bits per heavy atom. The molecule has 2 aromatic rings. The van der Waals surface area contributed by atoms with Crippen molar-refractivity contribution < 1.29 is 13.2 Å². The Bertz CT molecular complexity index is 835. The summed E-state index contributed by atoms with van der Waals surface area (Å²) < 4.78 is 27.0. The summed E-state index contributed by atoms with van der Waals surface area (Å²) in [6.45, 7) is 0.853. The fourth-order valence-electron chi connectivity index (χ4n) is 2.75. The van der Waals surface area contributed by atoms with Crippen LogP contribution in [0.25, 0.3) is 0 Å². The zero-order chi connectivity index (χ0) is 16.4. The van der Waals surface area contributed by atoms with E-state index in [-0.39, 0.29) is 34.8 Å². The van der Waals surface area contributed by atoms with Crippen LogP contribution < -0.4 is 5.32 Å². The number of amides is 1. The Labute approximate surface area is 159 Å². The number of fused-ring (bicyclic) bond motifs is 1. The molecule has 0 unspecified atom stereocenters. The van der Waals surface area contributed by atoms with E-state index in [4.69, 9.17) is 0 Å². The molecule has 7 heteroatoms. The Balaban J connectivity index is 0.00000208. The van der Waals surface area contributed by atoms with Gasteiger partial charge in [-0.3, -0.25) is 4.79 Å². The van der Waals surface area contributed by atoms with Crippen molar-refractivity contribution in [3.63, 3.8) is 0 Å². The third-order valence-electron chi connectivity index (χ3n) is 4.08. The predicted molar refractivity (Wildman–Crippen MR) is 103 cm³/mol. The molecule has 1 N–H and O–H groups in total. The molecule has 1 amide bonds. The van der Waals surface area contributed by atoms with E-state index < -0.39 is 10.0 Å². The van der Waals surface area contributed by atoms with Crippen LogP contribution in [0.3, 0.4) is 0 Å². The quantitative estimate of drug-likeness (QED) is 0.719. The molecule has 2 aromatic carbocycles. The van der Waals surface area contributed by atoms with Gasteiger partial charge in [0, 0.05) is 25.7 Å². The van der Waals surface area contributed by atoms with Gasteiger partial charge in [-0.05, 0) is 41.8 Å². The van der Waals surface area contributed by atoms with E-state index in [9.17, 15) is 13.2 Å². The highest BCUT2D eigenvalue weighted by Gasteiger charge is 2.28. The molecule has 0 saturated carbocycles. The van der Waals surface area contributed by atoms with Gasteiger partial charge in [-0.2, -0.15) is 4.31 Å². The van der Waals surface area contributed by atoms with Crippen molar-refractivity contribution in [3.05, 3.63) is 65.2 Å². The number of nitrogens with one attached hydrogen (secondary N) is 1. The molecule has 0 atom stereocenters. The fraction of sp³-hybridized carbons (Fsp3) is 0.235. The van der Waals surface area contributed by atoms with E-state index in [0.29, 0.717) is 25.1 Å². The van der Waals surface area contributed by atoms with E-state index in [1.54, 1.807) is 0 Å². The molecule has 5 nitrogen and oxygen atoms in total. The maximum atomic E-state index is 12.8. The molecule has 1 aliphatic heterocycles. The molecule has 0 aromatic heterocycles. The van der Waals surface area contributed by atoms with E-state index >= 15 is 0 Å². The Hall–Kier alpha value is -1.45. The zero-order valence-electron chi connectivity index (χ0n) is 13.2. The summed E-state index contributed by atoms with van der Waals surface area (Å²) in [5.41, 5.74) is 2.69. The molecule has 3 rings (SSSR count). The predicted octanol–water partition coefficient (Wildman–Crippen LogP) is 2.41. The van der Waals surface area contributed by atoms with E-state index in [0.717, 1.165) is 5.56 Å². The van der Waals surface area contributed by atoms with Crippen molar-refractivity contribution >= 4 is 39.9 Å². The van der Waals surface area contributed by atoms with Gasteiger partial charge in [0.25, 0.3) is 5.91 Å². The standard InChI is InChI=1S/C17H18N2O3S.HI/c1-18-17(20)14-6-8-16(9-7-14)23(21,22)19-11-10-13-4-2-3-5-15(13)12-19;/h2-9H,10-12H2,1H3,(H,18,20);1H. The highest BCUT2D eigenvalue weighted by molar-refractivity contribution is 14.0. The number of rotatable bonds is 3. The van der Waals surface area contributed by atoms with Gasteiger partial charge in [-0.25, -0.2) is 8.42 Å². The van der Waals surface area contributed by atoms with E-state index in [2.05, 4.69) is 5.32 Å². The number of halogens is 1. The van der Waals surface area contributed by atoms with Crippen LogP contribution in [0.15, 0.2) is 53.4 Å². The maximum absolute atomic E-state index is 12.8. The molecule has 1 heterocycles. The van der Waals surface area contributed by atoms with Gasteiger partial charge in [0.05, 0.1) is 4.90 Å². The topological polar surface area (TPSA) is 66.5 Å². The first kappa shape index (κ1) is 18.9. The molecule has 0 radical (unpaired) electrons. The Morgan fingerprint density at radius 2 is 1.67 bits per heavy atom. The van der Waals surface area contributed by atoms with Gasteiger partial charge < -0.3 is 5.32 Å². The average Bonchev–Trinajstić information content (AvgIpc) is 2.60. The first-order chi connectivity index (χ1) is 11.0. The summed E-state index contributed by atoms with van der Waals surface area (Å²) in [7, 11) is -2.01. The number of carbonyl (C=O) groups is 1. The highest BCUT2D eigenvalue weighted by Crippen LogP contribution is 2.25. The summed E-state index contributed by atoms with van der Waals surface area (Å²) in [6, 6.07) is 13.9. The number of nitrogens with zero attached hydrogens (tertiary/aromatic N) is 1. The second kappa shape index (κ2) is 7.62. The lowest BCUT2D eigenvalue weighted by molar-refractivity contribution is 0.0963. The Morgan fingerprint density at radius 3 is 2.29 bits per heavy atom. The third kappa shape index (κ3) is 3.62. The number of hydrogen-bond donors (Lipinski definition) is 1. The molecule has 0 spiro atoms. The van der Waals surface area contributed by atoms with Gasteiger partial charge in [0.15, 0.2) is 0 Å².